The summed E-state index contributed by atoms with van der Waals surface area (Å²) in [7, 11) is 3.80. The molecule has 0 amide bonds. The predicted octanol–water partition coefficient (Wildman–Crippen LogP) is 3.46. The van der Waals surface area contributed by atoms with Gasteiger partial charge in [-0.15, -0.1) is 35.3 Å². The maximum Gasteiger partial charge on any atom is 0.193 e. The fourth-order valence-electron chi connectivity index (χ4n) is 2.20. The minimum Gasteiger partial charge on any atom is -0.492 e. The van der Waals surface area contributed by atoms with Crippen molar-refractivity contribution in [2.24, 2.45) is 4.99 Å². The van der Waals surface area contributed by atoms with Gasteiger partial charge in [-0.05, 0) is 26.0 Å². The Bertz CT molecular complexity index is 645. The normalized spacial score (nSPS) is 10.9. The van der Waals surface area contributed by atoms with Gasteiger partial charge in [-0.25, -0.2) is 4.98 Å². The molecule has 2 rings (SSSR count). The summed E-state index contributed by atoms with van der Waals surface area (Å²) in [6.45, 7) is 6.19. The van der Waals surface area contributed by atoms with Crippen LogP contribution in [0, 0.1) is 13.8 Å². The number of rotatable bonds is 6. The Morgan fingerprint density at radius 2 is 2.00 bits per heavy atom. The van der Waals surface area contributed by atoms with Crippen LogP contribution in [0.3, 0.4) is 0 Å². The van der Waals surface area contributed by atoms with Gasteiger partial charge in [0, 0.05) is 19.0 Å². The van der Waals surface area contributed by atoms with Crippen molar-refractivity contribution in [2.75, 3.05) is 27.2 Å². The molecule has 0 unspecified atom stereocenters. The van der Waals surface area contributed by atoms with Crippen LogP contribution in [0.2, 0.25) is 0 Å². The number of hydrogen-bond donors (Lipinski definition) is 1. The number of nitrogens with one attached hydrogen (secondary N) is 1. The second-order valence-corrected chi connectivity index (χ2v) is 6.51. The molecule has 1 heterocycles. The summed E-state index contributed by atoms with van der Waals surface area (Å²) in [5.41, 5.74) is 1.09. The quantitative estimate of drug-likeness (QED) is 0.408. The van der Waals surface area contributed by atoms with E-state index in [-0.39, 0.29) is 24.0 Å². The molecule has 24 heavy (non-hydrogen) atoms. The summed E-state index contributed by atoms with van der Waals surface area (Å²) in [5, 5.41) is 4.48. The number of ether oxygens (including phenoxy) is 1. The van der Waals surface area contributed by atoms with Crippen LogP contribution in [0.25, 0.3) is 0 Å². The van der Waals surface area contributed by atoms with Gasteiger partial charge in [-0.3, -0.25) is 4.99 Å². The van der Waals surface area contributed by atoms with Gasteiger partial charge in [0.05, 0.1) is 23.8 Å². The van der Waals surface area contributed by atoms with Crippen molar-refractivity contribution in [3.05, 3.63) is 45.9 Å². The number of nitrogens with zero attached hydrogens (tertiary/aromatic N) is 3. The SMILES string of the molecule is CN=C(NCc1sc(C)nc1C)N(C)CCOc1ccccc1.I. The molecule has 2 aromatic rings. The average Bonchev–Trinajstić information content (AvgIpc) is 2.87. The third kappa shape index (κ3) is 6.27. The third-order valence-corrected chi connectivity index (χ3v) is 4.49. The van der Waals surface area contributed by atoms with Crippen molar-refractivity contribution < 1.29 is 4.74 Å². The molecule has 0 atom stereocenters. The zero-order valence-corrected chi connectivity index (χ0v) is 17.7. The fraction of sp³-hybridized carbons (Fsp3) is 0.412. The Morgan fingerprint density at radius 1 is 1.29 bits per heavy atom. The van der Waals surface area contributed by atoms with Crippen LogP contribution in [0.15, 0.2) is 35.3 Å². The van der Waals surface area contributed by atoms with E-state index < -0.39 is 0 Å². The molecule has 0 aliphatic carbocycles. The maximum atomic E-state index is 5.72. The minimum absolute atomic E-state index is 0. The number of aromatic nitrogens is 1. The summed E-state index contributed by atoms with van der Waals surface area (Å²) >= 11 is 1.72. The molecule has 1 N–H and O–H groups in total. The second kappa shape index (κ2) is 10.5. The average molecular weight is 460 g/mol. The lowest BCUT2D eigenvalue weighted by Gasteiger charge is -2.22. The Hall–Kier alpha value is -1.35. The van der Waals surface area contributed by atoms with Gasteiger partial charge in [-0.1, -0.05) is 18.2 Å². The van der Waals surface area contributed by atoms with Crippen molar-refractivity contribution in [3.63, 3.8) is 0 Å². The first kappa shape index (κ1) is 20.7. The first-order valence-electron chi connectivity index (χ1n) is 7.62. The highest BCUT2D eigenvalue weighted by atomic mass is 127. The van der Waals surface area contributed by atoms with Crippen LogP contribution >= 0.6 is 35.3 Å². The largest absolute Gasteiger partial charge is 0.492 e. The molecule has 0 radical (unpaired) electrons. The topological polar surface area (TPSA) is 49.8 Å². The van der Waals surface area contributed by atoms with Gasteiger partial charge in [-0.2, -0.15) is 0 Å². The molecular formula is C17H25IN4OS. The van der Waals surface area contributed by atoms with Crippen LogP contribution < -0.4 is 10.1 Å². The molecule has 0 aliphatic rings. The van der Waals surface area contributed by atoms with Gasteiger partial charge in [0.1, 0.15) is 12.4 Å². The molecule has 0 aliphatic heterocycles. The van der Waals surface area contributed by atoms with E-state index in [2.05, 4.69) is 20.2 Å². The Kier molecular flexibility index (Phi) is 9.05. The number of benzene rings is 1. The number of thiazole rings is 1. The van der Waals surface area contributed by atoms with Crippen LogP contribution in [0.5, 0.6) is 5.75 Å². The van der Waals surface area contributed by atoms with Crippen molar-refractivity contribution >= 4 is 41.3 Å². The summed E-state index contributed by atoms with van der Waals surface area (Å²) < 4.78 is 5.72. The fourth-order valence-corrected chi connectivity index (χ4v) is 3.08. The van der Waals surface area contributed by atoms with Gasteiger partial charge >= 0.3 is 0 Å². The Balaban J connectivity index is 0.00000288. The molecule has 0 saturated heterocycles. The number of hydrogen-bond acceptors (Lipinski definition) is 4. The molecule has 0 bridgehead atoms. The lowest BCUT2D eigenvalue weighted by molar-refractivity contribution is 0.281. The Labute approximate surface area is 165 Å². The molecule has 0 fully saturated rings. The zero-order valence-electron chi connectivity index (χ0n) is 14.6. The monoisotopic (exact) mass is 460 g/mol. The smallest absolute Gasteiger partial charge is 0.193 e. The van der Waals surface area contributed by atoms with Crippen molar-refractivity contribution in [1.82, 2.24) is 15.2 Å². The van der Waals surface area contributed by atoms with Crippen LogP contribution in [-0.4, -0.2) is 43.1 Å². The Morgan fingerprint density at radius 3 is 2.58 bits per heavy atom. The lowest BCUT2D eigenvalue weighted by Crippen LogP contribution is -2.40. The third-order valence-electron chi connectivity index (χ3n) is 3.42. The van der Waals surface area contributed by atoms with Crippen molar-refractivity contribution in [1.29, 1.82) is 0 Å². The van der Waals surface area contributed by atoms with Crippen molar-refractivity contribution in [2.45, 2.75) is 20.4 Å². The van der Waals surface area contributed by atoms with Gasteiger partial charge in [0.15, 0.2) is 5.96 Å². The highest BCUT2D eigenvalue weighted by molar-refractivity contribution is 14.0. The van der Waals surface area contributed by atoms with Crippen LogP contribution in [0.4, 0.5) is 0 Å². The van der Waals surface area contributed by atoms with E-state index in [1.165, 1.54) is 4.88 Å². The molecule has 1 aromatic heterocycles. The first-order chi connectivity index (χ1) is 11.1. The van der Waals surface area contributed by atoms with Gasteiger partial charge in [0.2, 0.25) is 0 Å². The summed E-state index contributed by atoms with van der Waals surface area (Å²) in [4.78, 5) is 12.1. The van der Waals surface area contributed by atoms with Crippen LogP contribution in [0.1, 0.15) is 15.6 Å². The van der Waals surface area contributed by atoms with Crippen LogP contribution in [-0.2, 0) is 6.54 Å². The molecule has 132 valence electrons. The molecule has 5 nitrogen and oxygen atoms in total. The van der Waals surface area contributed by atoms with E-state index in [0.29, 0.717) is 6.61 Å². The number of guanidine groups is 1. The number of likely N-dealkylation sites (N-methyl/N-ethyl adjacent to an activating group) is 1. The van der Waals surface area contributed by atoms with Gasteiger partial charge in [0.25, 0.3) is 0 Å². The van der Waals surface area contributed by atoms with E-state index in [1.807, 2.05) is 51.2 Å². The number of aryl methyl sites for hydroxylation is 2. The number of para-hydroxylation sites is 1. The highest BCUT2D eigenvalue weighted by Crippen LogP contribution is 2.16. The molecular weight excluding hydrogens is 435 g/mol. The van der Waals surface area contributed by atoms with E-state index in [1.54, 1.807) is 18.4 Å². The standard InChI is InChI=1S/C17H24N4OS.HI/c1-13-16(23-14(2)20-13)12-19-17(18-3)21(4)10-11-22-15-8-6-5-7-9-15;/h5-9H,10-12H2,1-4H3,(H,18,19);1H. The number of aliphatic imine (C=N–C) groups is 1. The number of halogens is 1. The zero-order chi connectivity index (χ0) is 16.7. The second-order valence-electron chi connectivity index (χ2n) is 5.23. The van der Waals surface area contributed by atoms with E-state index in [4.69, 9.17) is 4.74 Å². The molecule has 0 saturated carbocycles. The summed E-state index contributed by atoms with van der Waals surface area (Å²) in [6.07, 6.45) is 0. The maximum absolute atomic E-state index is 5.72. The summed E-state index contributed by atoms with van der Waals surface area (Å²) in [6, 6.07) is 9.84. The first-order valence-corrected chi connectivity index (χ1v) is 8.44. The predicted molar refractivity (Wildman–Crippen MR) is 112 cm³/mol. The van der Waals surface area contributed by atoms with E-state index in [0.717, 1.165) is 35.5 Å². The molecule has 0 spiro atoms. The molecule has 7 heteroatoms. The lowest BCUT2D eigenvalue weighted by atomic mass is 10.3. The van der Waals surface area contributed by atoms with E-state index >= 15 is 0 Å². The molecule has 1 aromatic carbocycles. The highest BCUT2D eigenvalue weighted by Gasteiger charge is 2.09. The van der Waals surface area contributed by atoms with Gasteiger partial charge < -0.3 is 15.0 Å². The minimum atomic E-state index is 0. The van der Waals surface area contributed by atoms with Crippen molar-refractivity contribution in [3.8, 4) is 5.75 Å². The summed E-state index contributed by atoms with van der Waals surface area (Å²) in [5.74, 6) is 1.74. The van der Waals surface area contributed by atoms with E-state index in [9.17, 15) is 0 Å².